The second kappa shape index (κ2) is 3.87. The quantitative estimate of drug-likeness (QED) is 0.418. The highest BCUT2D eigenvalue weighted by Crippen LogP contribution is 2.10. The summed E-state index contributed by atoms with van der Waals surface area (Å²) < 4.78 is 0. The molecule has 0 bridgehead atoms. The Bertz CT molecular complexity index is 303. The molecule has 64 valence electrons. The number of hydrogen-bond donors (Lipinski definition) is 2. The molecule has 0 unspecified atom stereocenters. The van der Waals surface area contributed by atoms with Gasteiger partial charge in [0, 0.05) is 0 Å². The predicted octanol–water partition coefficient (Wildman–Crippen LogP) is 1.78. The van der Waals surface area contributed by atoms with E-state index in [1.54, 1.807) is 13.0 Å². The first-order chi connectivity index (χ1) is 5.79. The Labute approximate surface area is 73.5 Å². The molecular formula is C7H8N2O2S. The molecule has 0 amide bonds. The van der Waals surface area contributed by atoms with Crippen molar-refractivity contribution >= 4 is 22.8 Å². The first-order valence-corrected chi connectivity index (χ1v) is 4.12. The zero-order valence-electron chi connectivity index (χ0n) is 6.43. The summed E-state index contributed by atoms with van der Waals surface area (Å²) in [6.07, 6.45) is 0. The number of nitrogens with zero attached hydrogens (tertiary/aromatic N) is 2. The molecule has 0 fully saturated rings. The molecule has 2 N–H and O–H groups in total. The molecule has 1 aromatic heterocycles. The van der Waals surface area contributed by atoms with Crippen LogP contribution < -0.4 is 0 Å². The lowest BCUT2D eigenvalue weighted by Crippen LogP contribution is -2.10. The summed E-state index contributed by atoms with van der Waals surface area (Å²) in [5.41, 5.74) is 0.590. The first kappa shape index (κ1) is 8.73. The highest BCUT2D eigenvalue weighted by molar-refractivity contribution is 7.13. The molecule has 12 heavy (non-hydrogen) atoms. The van der Waals surface area contributed by atoms with Crippen molar-refractivity contribution in [1.29, 1.82) is 0 Å². The number of oxime groups is 2. The standard InChI is InChI=1S/C7H8N2O2S/c1-5(8-10)7(9-11)6-3-2-4-12-6/h2-4,10-11H,1H3. The molecule has 0 saturated heterocycles. The van der Waals surface area contributed by atoms with Crippen LogP contribution in [0.2, 0.25) is 0 Å². The molecule has 4 nitrogen and oxygen atoms in total. The van der Waals surface area contributed by atoms with E-state index in [1.807, 2.05) is 11.4 Å². The Kier molecular flexibility index (Phi) is 2.82. The van der Waals surface area contributed by atoms with Crippen LogP contribution in [0.1, 0.15) is 11.8 Å². The lowest BCUT2D eigenvalue weighted by atomic mass is 10.2. The minimum Gasteiger partial charge on any atom is -0.411 e. The van der Waals surface area contributed by atoms with Crippen molar-refractivity contribution in [3.63, 3.8) is 0 Å². The van der Waals surface area contributed by atoms with Crippen molar-refractivity contribution in [3.8, 4) is 0 Å². The smallest absolute Gasteiger partial charge is 0.144 e. The van der Waals surface area contributed by atoms with Gasteiger partial charge in [-0.3, -0.25) is 0 Å². The molecule has 0 spiro atoms. The van der Waals surface area contributed by atoms with Crippen LogP contribution in [0.3, 0.4) is 0 Å². The van der Waals surface area contributed by atoms with Gasteiger partial charge in [-0.2, -0.15) is 0 Å². The molecule has 0 atom stereocenters. The molecule has 1 aromatic rings. The fourth-order valence-electron chi connectivity index (χ4n) is 0.761. The van der Waals surface area contributed by atoms with Gasteiger partial charge in [-0.05, 0) is 18.4 Å². The van der Waals surface area contributed by atoms with Crippen molar-refractivity contribution in [2.45, 2.75) is 6.92 Å². The van der Waals surface area contributed by atoms with E-state index in [2.05, 4.69) is 10.3 Å². The maximum atomic E-state index is 8.60. The Balaban J connectivity index is 3.01. The zero-order chi connectivity index (χ0) is 8.97. The van der Waals surface area contributed by atoms with E-state index in [4.69, 9.17) is 10.4 Å². The third-order valence-corrected chi connectivity index (χ3v) is 2.22. The van der Waals surface area contributed by atoms with Crippen LogP contribution in [-0.2, 0) is 0 Å². The van der Waals surface area contributed by atoms with Gasteiger partial charge in [0.2, 0.25) is 0 Å². The average molecular weight is 184 g/mol. The van der Waals surface area contributed by atoms with Crippen molar-refractivity contribution in [2.24, 2.45) is 10.3 Å². The van der Waals surface area contributed by atoms with E-state index >= 15 is 0 Å². The van der Waals surface area contributed by atoms with Crippen LogP contribution in [0, 0.1) is 0 Å². The Morgan fingerprint density at radius 1 is 1.42 bits per heavy atom. The van der Waals surface area contributed by atoms with Crippen LogP contribution in [0.4, 0.5) is 0 Å². The third kappa shape index (κ3) is 1.62. The largest absolute Gasteiger partial charge is 0.411 e. The maximum Gasteiger partial charge on any atom is 0.144 e. The number of hydrogen-bond acceptors (Lipinski definition) is 5. The van der Waals surface area contributed by atoms with Gasteiger partial charge in [-0.1, -0.05) is 16.4 Å². The molecule has 0 radical (unpaired) electrons. The fourth-order valence-corrected chi connectivity index (χ4v) is 1.52. The van der Waals surface area contributed by atoms with E-state index in [0.717, 1.165) is 4.88 Å². The van der Waals surface area contributed by atoms with Crippen LogP contribution in [0.5, 0.6) is 0 Å². The lowest BCUT2D eigenvalue weighted by molar-refractivity contribution is 0.314. The normalized spacial score (nSPS) is 13.4. The fraction of sp³-hybridized carbons (Fsp3) is 0.143. The van der Waals surface area contributed by atoms with Crippen LogP contribution in [0.25, 0.3) is 0 Å². The summed E-state index contributed by atoms with van der Waals surface area (Å²) in [7, 11) is 0. The molecule has 0 aliphatic heterocycles. The summed E-state index contributed by atoms with van der Waals surface area (Å²) >= 11 is 1.42. The summed E-state index contributed by atoms with van der Waals surface area (Å²) in [6.45, 7) is 1.56. The van der Waals surface area contributed by atoms with E-state index < -0.39 is 0 Å². The monoisotopic (exact) mass is 184 g/mol. The van der Waals surface area contributed by atoms with E-state index in [9.17, 15) is 0 Å². The van der Waals surface area contributed by atoms with Crippen LogP contribution >= 0.6 is 11.3 Å². The summed E-state index contributed by atoms with van der Waals surface area (Å²) in [6, 6.07) is 3.62. The Morgan fingerprint density at radius 3 is 2.58 bits per heavy atom. The molecule has 5 heteroatoms. The Hall–Kier alpha value is -1.36. The molecule has 0 saturated carbocycles. The van der Waals surface area contributed by atoms with E-state index in [1.165, 1.54) is 11.3 Å². The summed E-state index contributed by atoms with van der Waals surface area (Å²) in [5.74, 6) is 0. The maximum absolute atomic E-state index is 8.60. The molecular weight excluding hydrogens is 176 g/mol. The Morgan fingerprint density at radius 2 is 2.17 bits per heavy atom. The second-order valence-electron chi connectivity index (χ2n) is 2.11. The van der Waals surface area contributed by atoms with Gasteiger partial charge in [0.15, 0.2) is 0 Å². The van der Waals surface area contributed by atoms with Gasteiger partial charge in [-0.25, -0.2) is 0 Å². The van der Waals surface area contributed by atoms with Crippen LogP contribution in [-0.4, -0.2) is 21.8 Å². The van der Waals surface area contributed by atoms with Gasteiger partial charge >= 0.3 is 0 Å². The highest BCUT2D eigenvalue weighted by Gasteiger charge is 2.08. The summed E-state index contributed by atoms with van der Waals surface area (Å²) in [4.78, 5) is 0.771. The lowest BCUT2D eigenvalue weighted by Gasteiger charge is -1.96. The van der Waals surface area contributed by atoms with Gasteiger partial charge < -0.3 is 10.4 Å². The summed E-state index contributed by atoms with van der Waals surface area (Å²) in [5, 5.41) is 24.9. The molecule has 0 aliphatic rings. The van der Waals surface area contributed by atoms with E-state index in [0.29, 0.717) is 11.4 Å². The van der Waals surface area contributed by atoms with Gasteiger partial charge in [0.1, 0.15) is 11.4 Å². The second-order valence-corrected chi connectivity index (χ2v) is 3.06. The van der Waals surface area contributed by atoms with Crippen molar-refractivity contribution in [1.82, 2.24) is 0 Å². The van der Waals surface area contributed by atoms with Gasteiger partial charge in [0.25, 0.3) is 0 Å². The van der Waals surface area contributed by atoms with E-state index in [-0.39, 0.29) is 0 Å². The SMILES string of the molecule is CC(=NO)C(=NO)c1cccs1. The highest BCUT2D eigenvalue weighted by atomic mass is 32.1. The predicted molar refractivity (Wildman–Crippen MR) is 47.5 cm³/mol. The van der Waals surface area contributed by atoms with Crippen LogP contribution in [0.15, 0.2) is 27.8 Å². The molecule has 0 aliphatic carbocycles. The van der Waals surface area contributed by atoms with Gasteiger partial charge in [-0.15, -0.1) is 11.3 Å². The van der Waals surface area contributed by atoms with Gasteiger partial charge in [0.05, 0.1) is 4.88 Å². The topological polar surface area (TPSA) is 65.2 Å². The zero-order valence-corrected chi connectivity index (χ0v) is 7.25. The third-order valence-electron chi connectivity index (χ3n) is 1.35. The van der Waals surface area contributed by atoms with Crippen molar-refractivity contribution in [3.05, 3.63) is 22.4 Å². The van der Waals surface area contributed by atoms with Crippen molar-refractivity contribution in [2.75, 3.05) is 0 Å². The minimum atomic E-state index is 0.292. The first-order valence-electron chi connectivity index (χ1n) is 3.24. The molecule has 1 rings (SSSR count). The number of rotatable bonds is 2. The average Bonchev–Trinajstić information content (AvgIpc) is 2.58. The molecule has 1 heterocycles. The minimum absolute atomic E-state index is 0.292. The van der Waals surface area contributed by atoms with Crippen molar-refractivity contribution < 1.29 is 10.4 Å². The number of thiophene rings is 1. The molecule has 0 aromatic carbocycles.